The fraction of sp³-hybridized carbons (Fsp3) is 0.500. The SMILES string of the molecule is CNCC1(c2c(C)n3c4c(cccc24)CC3)CC1. The van der Waals surface area contributed by atoms with Crippen molar-refractivity contribution in [3.05, 3.63) is 35.0 Å². The van der Waals surface area contributed by atoms with Crippen LogP contribution in [0.1, 0.15) is 29.7 Å². The van der Waals surface area contributed by atoms with E-state index in [-0.39, 0.29) is 0 Å². The average Bonchev–Trinajstić information content (AvgIpc) is 2.89. The molecule has 2 heteroatoms. The Balaban J connectivity index is 2.02. The van der Waals surface area contributed by atoms with Crippen LogP contribution in [0.3, 0.4) is 0 Å². The largest absolute Gasteiger partial charge is 0.344 e. The highest BCUT2D eigenvalue weighted by atomic mass is 15.0. The normalized spacial score (nSPS) is 19.7. The Morgan fingerprint density at radius 3 is 2.89 bits per heavy atom. The maximum absolute atomic E-state index is 3.39. The molecule has 1 fully saturated rings. The number of aryl methyl sites for hydroxylation is 2. The Morgan fingerprint density at radius 1 is 1.33 bits per heavy atom. The lowest BCUT2D eigenvalue weighted by Gasteiger charge is -2.16. The Hall–Kier alpha value is -1.28. The van der Waals surface area contributed by atoms with Crippen LogP contribution in [0.4, 0.5) is 0 Å². The summed E-state index contributed by atoms with van der Waals surface area (Å²) in [5.74, 6) is 0. The maximum atomic E-state index is 3.39. The van der Waals surface area contributed by atoms with E-state index in [1.807, 2.05) is 0 Å². The fourth-order valence-corrected chi connectivity index (χ4v) is 4.00. The highest BCUT2D eigenvalue weighted by molar-refractivity contribution is 5.90. The van der Waals surface area contributed by atoms with Crippen molar-refractivity contribution in [3.8, 4) is 0 Å². The molecule has 1 saturated carbocycles. The molecule has 0 spiro atoms. The molecule has 2 aromatic rings. The van der Waals surface area contributed by atoms with E-state index < -0.39 is 0 Å². The molecule has 18 heavy (non-hydrogen) atoms. The monoisotopic (exact) mass is 240 g/mol. The molecule has 1 aliphatic heterocycles. The number of likely N-dealkylation sites (N-methyl/N-ethyl adjacent to an activating group) is 1. The van der Waals surface area contributed by atoms with Crippen LogP contribution in [0.25, 0.3) is 10.9 Å². The molecule has 0 bridgehead atoms. The van der Waals surface area contributed by atoms with Gasteiger partial charge in [-0.05, 0) is 44.4 Å². The zero-order valence-electron chi connectivity index (χ0n) is 11.2. The Labute approximate surface area is 108 Å². The van der Waals surface area contributed by atoms with Crippen molar-refractivity contribution in [1.82, 2.24) is 9.88 Å². The van der Waals surface area contributed by atoms with Gasteiger partial charge in [0.2, 0.25) is 0 Å². The molecule has 0 radical (unpaired) electrons. The summed E-state index contributed by atoms with van der Waals surface area (Å²) >= 11 is 0. The summed E-state index contributed by atoms with van der Waals surface area (Å²) in [7, 11) is 2.08. The Morgan fingerprint density at radius 2 is 2.17 bits per heavy atom. The predicted molar refractivity (Wildman–Crippen MR) is 75.2 cm³/mol. The van der Waals surface area contributed by atoms with Crippen molar-refractivity contribution < 1.29 is 0 Å². The molecule has 0 amide bonds. The number of nitrogens with zero attached hydrogens (tertiary/aromatic N) is 1. The molecule has 0 saturated heterocycles. The number of hydrogen-bond donors (Lipinski definition) is 1. The minimum Gasteiger partial charge on any atom is -0.344 e. The van der Waals surface area contributed by atoms with Gasteiger partial charge in [0.15, 0.2) is 0 Å². The van der Waals surface area contributed by atoms with Gasteiger partial charge in [-0.3, -0.25) is 0 Å². The lowest BCUT2D eigenvalue weighted by Crippen LogP contribution is -2.24. The standard InChI is InChI=1S/C16H20N2/c1-11-14(16(7-8-16)10-17-2)13-5-3-4-12-6-9-18(11)15(12)13/h3-5,17H,6-10H2,1-2H3. The quantitative estimate of drug-likeness (QED) is 0.873. The molecule has 94 valence electrons. The number of nitrogens with one attached hydrogen (secondary N) is 1. The van der Waals surface area contributed by atoms with Crippen molar-refractivity contribution in [2.24, 2.45) is 0 Å². The number of benzene rings is 1. The number of hydrogen-bond acceptors (Lipinski definition) is 1. The van der Waals surface area contributed by atoms with Gasteiger partial charge in [-0.2, -0.15) is 0 Å². The van der Waals surface area contributed by atoms with Crippen LogP contribution in [-0.2, 0) is 18.4 Å². The van der Waals surface area contributed by atoms with Crippen LogP contribution < -0.4 is 5.32 Å². The summed E-state index contributed by atoms with van der Waals surface area (Å²) in [6, 6.07) is 6.87. The van der Waals surface area contributed by atoms with Crippen LogP contribution >= 0.6 is 0 Å². The van der Waals surface area contributed by atoms with Crippen molar-refractivity contribution >= 4 is 10.9 Å². The highest BCUT2D eigenvalue weighted by Crippen LogP contribution is 2.52. The highest BCUT2D eigenvalue weighted by Gasteiger charge is 2.47. The molecule has 1 aliphatic carbocycles. The summed E-state index contributed by atoms with van der Waals surface area (Å²) in [5, 5.41) is 4.92. The van der Waals surface area contributed by atoms with E-state index in [1.165, 1.54) is 42.4 Å². The van der Waals surface area contributed by atoms with E-state index in [9.17, 15) is 0 Å². The van der Waals surface area contributed by atoms with Crippen molar-refractivity contribution in [1.29, 1.82) is 0 Å². The minimum atomic E-state index is 0.429. The first-order valence-electron chi connectivity index (χ1n) is 7.03. The number of aromatic nitrogens is 1. The van der Waals surface area contributed by atoms with E-state index in [4.69, 9.17) is 0 Å². The molecule has 1 N–H and O–H groups in total. The predicted octanol–water partition coefficient (Wildman–Crippen LogP) is 2.76. The molecule has 0 unspecified atom stereocenters. The zero-order valence-corrected chi connectivity index (χ0v) is 11.2. The van der Waals surface area contributed by atoms with Crippen LogP contribution in [-0.4, -0.2) is 18.2 Å². The molecule has 4 rings (SSSR count). The smallest absolute Gasteiger partial charge is 0.0518 e. The Bertz CT molecular complexity index is 632. The second-order valence-electron chi connectivity index (χ2n) is 5.99. The summed E-state index contributed by atoms with van der Waals surface area (Å²) in [4.78, 5) is 0. The maximum Gasteiger partial charge on any atom is 0.0518 e. The van der Waals surface area contributed by atoms with Crippen LogP contribution in [0.2, 0.25) is 0 Å². The molecule has 1 aromatic heterocycles. The number of rotatable bonds is 3. The molecule has 2 nitrogen and oxygen atoms in total. The van der Waals surface area contributed by atoms with Gasteiger partial charge in [0, 0.05) is 29.6 Å². The molecular formula is C16H20N2. The molecule has 0 atom stereocenters. The van der Waals surface area contributed by atoms with E-state index >= 15 is 0 Å². The summed E-state index contributed by atoms with van der Waals surface area (Å²) in [6.07, 6.45) is 3.91. The second-order valence-corrected chi connectivity index (χ2v) is 5.99. The summed E-state index contributed by atoms with van der Waals surface area (Å²) < 4.78 is 2.55. The zero-order chi connectivity index (χ0) is 12.3. The second kappa shape index (κ2) is 3.39. The van der Waals surface area contributed by atoms with Crippen LogP contribution in [0.15, 0.2) is 18.2 Å². The third kappa shape index (κ3) is 1.17. The lowest BCUT2D eigenvalue weighted by molar-refractivity contribution is 0.616. The molecule has 2 aliphatic rings. The van der Waals surface area contributed by atoms with Gasteiger partial charge in [-0.25, -0.2) is 0 Å². The first-order valence-corrected chi connectivity index (χ1v) is 7.03. The summed E-state index contributed by atoms with van der Waals surface area (Å²) in [5.41, 5.74) is 6.64. The molecular weight excluding hydrogens is 220 g/mol. The van der Waals surface area contributed by atoms with Gasteiger partial charge in [0.05, 0.1) is 5.52 Å². The van der Waals surface area contributed by atoms with E-state index in [2.05, 4.69) is 42.1 Å². The van der Waals surface area contributed by atoms with E-state index in [0.717, 1.165) is 6.54 Å². The molecule has 1 aromatic carbocycles. The minimum absolute atomic E-state index is 0.429. The van der Waals surface area contributed by atoms with Gasteiger partial charge < -0.3 is 9.88 Å². The van der Waals surface area contributed by atoms with Gasteiger partial charge >= 0.3 is 0 Å². The topological polar surface area (TPSA) is 17.0 Å². The van der Waals surface area contributed by atoms with E-state index in [1.54, 1.807) is 11.1 Å². The van der Waals surface area contributed by atoms with Crippen molar-refractivity contribution in [2.75, 3.05) is 13.6 Å². The van der Waals surface area contributed by atoms with Crippen molar-refractivity contribution in [3.63, 3.8) is 0 Å². The van der Waals surface area contributed by atoms with Crippen molar-refractivity contribution in [2.45, 2.75) is 38.1 Å². The number of para-hydroxylation sites is 1. The van der Waals surface area contributed by atoms with Gasteiger partial charge in [0.25, 0.3) is 0 Å². The van der Waals surface area contributed by atoms with Gasteiger partial charge in [-0.1, -0.05) is 18.2 Å². The van der Waals surface area contributed by atoms with Crippen LogP contribution in [0.5, 0.6) is 0 Å². The fourth-order valence-electron chi connectivity index (χ4n) is 4.00. The molecule has 2 heterocycles. The van der Waals surface area contributed by atoms with Crippen LogP contribution in [0, 0.1) is 6.92 Å². The lowest BCUT2D eigenvalue weighted by atomic mass is 9.92. The summed E-state index contributed by atoms with van der Waals surface area (Å²) in [6.45, 7) is 4.62. The Kier molecular flexibility index (Phi) is 2.00. The average molecular weight is 240 g/mol. The third-order valence-electron chi connectivity index (χ3n) is 4.93. The third-order valence-corrected chi connectivity index (χ3v) is 4.93. The van der Waals surface area contributed by atoms with E-state index in [0.29, 0.717) is 5.41 Å². The first-order chi connectivity index (χ1) is 8.77. The van der Waals surface area contributed by atoms with Gasteiger partial charge in [0.1, 0.15) is 0 Å². The van der Waals surface area contributed by atoms with Gasteiger partial charge in [-0.15, -0.1) is 0 Å². The first kappa shape index (κ1) is 10.6.